The van der Waals surface area contributed by atoms with Crippen LogP contribution in [0.3, 0.4) is 0 Å². The van der Waals surface area contributed by atoms with Gasteiger partial charge in [0.15, 0.2) is 0 Å². The Hall–Kier alpha value is -1.18. The number of hydrogen-bond donors (Lipinski definition) is 0. The SMILES string of the molecule is Cc1cc2c3c(c1)OC(C)(C)[C@@H]1CCC(C)(CC31)O2. The fourth-order valence-electron chi connectivity index (χ4n) is 4.49. The molecule has 1 saturated carbocycles. The molecular formula is C17H22O2. The molecule has 1 aromatic rings. The van der Waals surface area contributed by atoms with E-state index in [0.717, 1.165) is 24.3 Å². The molecule has 2 heterocycles. The van der Waals surface area contributed by atoms with Crippen LogP contribution in [-0.4, -0.2) is 11.2 Å². The molecule has 1 aliphatic carbocycles. The molecular weight excluding hydrogens is 236 g/mol. The van der Waals surface area contributed by atoms with E-state index in [1.807, 2.05) is 0 Å². The van der Waals surface area contributed by atoms with Gasteiger partial charge in [0.25, 0.3) is 0 Å². The summed E-state index contributed by atoms with van der Waals surface area (Å²) in [6.45, 7) is 8.90. The summed E-state index contributed by atoms with van der Waals surface area (Å²) in [5, 5.41) is 0. The Morgan fingerprint density at radius 3 is 2.53 bits per heavy atom. The maximum Gasteiger partial charge on any atom is 0.127 e. The zero-order valence-corrected chi connectivity index (χ0v) is 12.2. The molecule has 1 aromatic carbocycles. The van der Waals surface area contributed by atoms with Gasteiger partial charge in [-0.05, 0) is 64.7 Å². The summed E-state index contributed by atoms with van der Waals surface area (Å²) in [6, 6.07) is 4.37. The van der Waals surface area contributed by atoms with E-state index in [1.165, 1.54) is 17.5 Å². The van der Waals surface area contributed by atoms with Gasteiger partial charge in [-0.1, -0.05) is 0 Å². The number of rotatable bonds is 0. The van der Waals surface area contributed by atoms with E-state index in [4.69, 9.17) is 9.47 Å². The minimum Gasteiger partial charge on any atom is -0.487 e. The largest absolute Gasteiger partial charge is 0.487 e. The molecule has 0 aromatic heterocycles. The van der Waals surface area contributed by atoms with Crippen molar-refractivity contribution in [3.05, 3.63) is 23.3 Å². The molecule has 3 atom stereocenters. The topological polar surface area (TPSA) is 18.5 Å². The van der Waals surface area contributed by atoms with Gasteiger partial charge in [0, 0.05) is 17.4 Å². The van der Waals surface area contributed by atoms with Crippen LogP contribution in [0.1, 0.15) is 57.1 Å². The van der Waals surface area contributed by atoms with Gasteiger partial charge < -0.3 is 9.47 Å². The number of benzene rings is 1. The first kappa shape index (κ1) is 11.6. The monoisotopic (exact) mass is 258 g/mol. The van der Waals surface area contributed by atoms with E-state index in [2.05, 4.69) is 39.8 Å². The summed E-state index contributed by atoms with van der Waals surface area (Å²) >= 11 is 0. The minimum atomic E-state index is -0.0542. The van der Waals surface area contributed by atoms with Crippen molar-refractivity contribution < 1.29 is 9.47 Å². The van der Waals surface area contributed by atoms with Crippen molar-refractivity contribution in [1.82, 2.24) is 0 Å². The van der Waals surface area contributed by atoms with Crippen LogP contribution in [0.5, 0.6) is 11.5 Å². The molecule has 1 fully saturated rings. The van der Waals surface area contributed by atoms with Crippen LogP contribution >= 0.6 is 0 Å². The molecule has 2 bridgehead atoms. The Kier molecular flexibility index (Phi) is 2.01. The molecule has 0 spiro atoms. The van der Waals surface area contributed by atoms with Crippen LogP contribution in [-0.2, 0) is 0 Å². The Bertz CT molecular complexity index is 543. The van der Waals surface area contributed by atoms with Crippen molar-refractivity contribution in [2.24, 2.45) is 5.92 Å². The number of fused-ring (bicyclic) bond motifs is 1. The lowest BCUT2D eigenvalue weighted by Crippen LogP contribution is -2.53. The zero-order valence-electron chi connectivity index (χ0n) is 12.2. The highest BCUT2D eigenvalue weighted by Crippen LogP contribution is 2.60. The molecule has 3 aliphatic rings. The third kappa shape index (κ3) is 1.49. The number of hydrogen-bond acceptors (Lipinski definition) is 2. The van der Waals surface area contributed by atoms with Crippen LogP contribution in [0.4, 0.5) is 0 Å². The average Bonchev–Trinajstić information content (AvgIpc) is 2.24. The first-order valence-electron chi connectivity index (χ1n) is 7.41. The predicted molar refractivity (Wildman–Crippen MR) is 75.0 cm³/mol. The first-order chi connectivity index (χ1) is 8.88. The highest BCUT2D eigenvalue weighted by molar-refractivity contribution is 5.54. The lowest BCUT2D eigenvalue weighted by molar-refractivity contribution is -0.0727. The molecule has 2 aliphatic heterocycles. The van der Waals surface area contributed by atoms with E-state index in [9.17, 15) is 0 Å². The van der Waals surface area contributed by atoms with Gasteiger partial charge in [0.05, 0.1) is 0 Å². The summed E-state index contributed by atoms with van der Waals surface area (Å²) in [4.78, 5) is 0. The highest BCUT2D eigenvalue weighted by Gasteiger charge is 2.53. The van der Waals surface area contributed by atoms with Crippen LogP contribution in [0, 0.1) is 12.8 Å². The molecule has 0 amide bonds. The lowest BCUT2D eigenvalue weighted by Gasteiger charge is -2.55. The Labute approximate surface area is 115 Å². The molecule has 2 nitrogen and oxygen atoms in total. The summed E-state index contributed by atoms with van der Waals surface area (Å²) in [5.41, 5.74) is 2.55. The maximum absolute atomic E-state index is 6.33. The summed E-state index contributed by atoms with van der Waals surface area (Å²) < 4.78 is 12.7. The summed E-state index contributed by atoms with van der Waals surface area (Å²) in [6.07, 6.45) is 3.50. The summed E-state index contributed by atoms with van der Waals surface area (Å²) in [7, 11) is 0. The van der Waals surface area contributed by atoms with E-state index >= 15 is 0 Å². The normalized spacial score (nSPS) is 37.3. The zero-order chi connectivity index (χ0) is 13.4. The second-order valence-electron chi connectivity index (χ2n) is 7.39. The molecule has 4 rings (SSSR count). The Morgan fingerprint density at radius 1 is 1.11 bits per heavy atom. The second-order valence-corrected chi connectivity index (χ2v) is 7.39. The molecule has 0 radical (unpaired) electrons. The smallest absolute Gasteiger partial charge is 0.127 e. The van der Waals surface area contributed by atoms with Gasteiger partial charge in [-0.3, -0.25) is 0 Å². The molecule has 102 valence electrons. The van der Waals surface area contributed by atoms with Gasteiger partial charge in [-0.25, -0.2) is 0 Å². The number of aryl methyl sites for hydroxylation is 1. The lowest BCUT2D eigenvalue weighted by atomic mass is 9.61. The first-order valence-corrected chi connectivity index (χ1v) is 7.41. The average molecular weight is 258 g/mol. The van der Waals surface area contributed by atoms with Crippen molar-refractivity contribution in [2.45, 2.75) is 64.1 Å². The van der Waals surface area contributed by atoms with Crippen LogP contribution in [0.15, 0.2) is 12.1 Å². The minimum absolute atomic E-state index is 0.0344. The van der Waals surface area contributed by atoms with E-state index in [-0.39, 0.29) is 11.2 Å². The fraction of sp³-hybridized carbons (Fsp3) is 0.647. The second kappa shape index (κ2) is 3.28. The van der Waals surface area contributed by atoms with Crippen LogP contribution < -0.4 is 9.47 Å². The van der Waals surface area contributed by atoms with E-state index in [1.54, 1.807) is 0 Å². The van der Waals surface area contributed by atoms with Crippen LogP contribution in [0.2, 0.25) is 0 Å². The van der Waals surface area contributed by atoms with Gasteiger partial charge in [-0.15, -0.1) is 0 Å². The highest BCUT2D eigenvalue weighted by atomic mass is 16.5. The fourth-order valence-corrected chi connectivity index (χ4v) is 4.49. The standard InChI is InChI=1S/C17H22O2/c1-10-7-13-15-11-9-17(4,19-14(15)8-10)6-5-12(11)16(2,3)18-13/h7-8,11-12H,5-6,9H2,1-4H3/t11?,12-,17?/m1/s1. The third-order valence-electron chi connectivity index (χ3n) is 5.36. The van der Waals surface area contributed by atoms with E-state index < -0.39 is 0 Å². The predicted octanol–water partition coefficient (Wildman–Crippen LogP) is 4.20. The van der Waals surface area contributed by atoms with Crippen molar-refractivity contribution in [3.63, 3.8) is 0 Å². The quantitative estimate of drug-likeness (QED) is 0.694. The van der Waals surface area contributed by atoms with Crippen molar-refractivity contribution in [1.29, 1.82) is 0 Å². The third-order valence-corrected chi connectivity index (χ3v) is 5.36. The van der Waals surface area contributed by atoms with E-state index in [0.29, 0.717) is 11.8 Å². The number of ether oxygens (including phenoxy) is 2. The molecule has 0 saturated heterocycles. The Morgan fingerprint density at radius 2 is 1.79 bits per heavy atom. The summed E-state index contributed by atoms with van der Waals surface area (Å²) in [5.74, 6) is 3.37. The van der Waals surface area contributed by atoms with Crippen molar-refractivity contribution >= 4 is 0 Å². The van der Waals surface area contributed by atoms with Gasteiger partial charge >= 0.3 is 0 Å². The molecule has 0 N–H and O–H groups in total. The van der Waals surface area contributed by atoms with Gasteiger partial charge in [-0.2, -0.15) is 0 Å². The van der Waals surface area contributed by atoms with Crippen molar-refractivity contribution in [3.8, 4) is 11.5 Å². The molecule has 2 unspecified atom stereocenters. The van der Waals surface area contributed by atoms with Crippen molar-refractivity contribution in [2.75, 3.05) is 0 Å². The molecule has 19 heavy (non-hydrogen) atoms. The van der Waals surface area contributed by atoms with Crippen LogP contribution in [0.25, 0.3) is 0 Å². The maximum atomic E-state index is 6.33. The Balaban J connectivity index is 1.97. The van der Waals surface area contributed by atoms with Gasteiger partial charge in [0.1, 0.15) is 22.7 Å². The van der Waals surface area contributed by atoms with Gasteiger partial charge in [0.2, 0.25) is 0 Å². The molecule has 2 heteroatoms.